The lowest BCUT2D eigenvalue weighted by molar-refractivity contribution is 0.294. The van der Waals surface area contributed by atoms with Crippen LogP contribution in [0.5, 0.6) is 5.75 Å². The molecule has 0 saturated carbocycles. The summed E-state index contributed by atoms with van der Waals surface area (Å²) >= 11 is 1.61. The molecular weight excluding hydrogens is 282 g/mol. The minimum Gasteiger partial charge on any atom is -0.485 e. The van der Waals surface area contributed by atoms with Crippen LogP contribution in [0.1, 0.15) is 17.0 Å². The van der Waals surface area contributed by atoms with E-state index in [0.29, 0.717) is 12.4 Å². The molecule has 0 aliphatic rings. The fraction of sp³-hybridized carbons (Fsp3) is 0.250. The Hall–Kier alpha value is -2.14. The maximum Gasteiger partial charge on any atom is 0.169 e. The molecule has 0 bridgehead atoms. The Morgan fingerprint density at radius 1 is 1.19 bits per heavy atom. The molecule has 0 atom stereocenters. The summed E-state index contributed by atoms with van der Waals surface area (Å²) in [7, 11) is 1.87. The van der Waals surface area contributed by atoms with Crippen molar-refractivity contribution in [1.29, 1.82) is 0 Å². The van der Waals surface area contributed by atoms with Crippen LogP contribution in [0.15, 0.2) is 29.6 Å². The van der Waals surface area contributed by atoms with Gasteiger partial charge in [0, 0.05) is 7.05 Å². The second-order valence-corrected chi connectivity index (χ2v) is 5.76. The van der Waals surface area contributed by atoms with Crippen LogP contribution in [0, 0.1) is 13.8 Å². The number of hydrogen-bond donors (Lipinski definition) is 1. The topological polar surface area (TPSA) is 47.0 Å². The lowest BCUT2D eigenvalue weighted by Crippen LogP contribution is -2.05. The van der Waals surface area contributed by atoms with Gasteiger partial charge in [0.15, 0.2) is 5.82 Å². The van der Waals surface area contributed by atoms with Crippen molar-refractivity contribution in [2.45, 2.75) is 20.5 Å². The van der Waals surface area contributed by atoms with Crippen molar-refractivity contribution in [2.75, 3.05) is 12.4 Å². The molecule has 0 spiro atoms. The van der Waals surface area contributed by atoms with Crippen molar-refractivity contribution in [3.05, 3.63) is 46.6 Å². The Kier molecular flexibility index (Phi) is 3.75. The standard InChI is InChI=1S/C16H17N3OS/c1-10-5-4-6-13(11(10)2)20-9-14-18-15(17-3)12-7-8-21-16(12)19-14/h4-8H,9H2,1-3H3,(H,17,18,19). The van der Waals surface area contributed by atoms with Gasteiger partial charge in [0.05, 0.1) is 5.39 Å². The molecule has 2 heterocycles. The van der Waals surface area contributed by atoms with E-state index in [4.69, 9.17) is 4.74 Å². The summed E-state index contributed by atoms with van der Waals surface area (Å²) in [6.07, 6.45) is 0. The molecule has 5 heteroatoms. The van der Waals surface area contributed by atoms with Crippen molar-refractivity contribution in [2.24, 2.45) is 0 Å². The first-order valence-corrected chi connectivity index (χ1v) is 7.68. The molecule has 1 N–H and O–H groups in total. The number of benzene rings is 1. The zero-order chi connectivity index (χ0) is 14.8. The van der Waals surface area contributed by atoms with Gasteiger partial charge in [-0.05, 0) is 42.5 Å². The van der Waals surface area contributed by atoms with E-state index in [1.807, 2.05) is 30.6 Å². The maximum atomic E-state index is 5.88. The van der Waals surface area contributed by atoms with Crippen molar-refractivity contribution >= 4 is 27.4 Å². The Labute approximate surface area is 127 Å². The van der Waals surface area contributed by atoms with Crippen molar-refractivity contribution in [3.8, 4) is 5.75 Å². The molecule has 0 unspecified atom stereocenters. The first-order chi connectivity index (χ1) is 10.2. The highest BCUT2D eigenvalue weighted by Crippen LogP contribution is 2.26. The fourth-order valence-electron chi connectivity index (χ4n) is 2.18. The summed E-state index contributed by atoms with van der Waals surface area (Å²) in [4.78, 5) is 10.1. The predicted octanol–water partition coefficient (Wildman–Crippen LogP) is 3.93. The number of aryl methyl sites for hydroxylation is 1. The van der Waals surface area contributed by atoms with Gasteiger partial charge in [-0.1, -0.05) is 12.1 Å². The smallest absolute Gasteiger partial charge is 0.169 e. The van der Waals surface area contributed by atoms with E-state index in [0.717, 1.165) is 27.3 Å². The van der Waals surface area contributed by atoms with E-state index in [1.54, 1.807) is 11.3 Å². The molecule has 0 aliphatic carbocycles. The van der Waals surface area contributed by atoms with Gasteiger partial charge >= 0.3 is 0 Å². The predicted molar refractivity (Wildman–Crippen MR) is 87.2 cm³/mol. The average molecular weight is 299 g/mol. The first-order valence-electron chi connectivity index (χ1n) is 6.80. The SMILES string of the molecule is CNc1nc(COc2cccc(C)c2C)nc2sccc12. The Morgan fingerprint density at radius 2 is 2.05 bits per heavy atom. The van der Waals surface area contributed by atoms with E-state index in [2.05, 4.69) is 35.2 Å². The Balaban J connectivity index is 1.86. The first kappa shape index (κ1) is 13.8. The largest absolute Gasteiger partial charge is 0.485 e. The van der Waals surface area contributed by atoms with Crippen molar-refractivity contribution in [3.63, 3.8) is 0 Å². The van der Waals surface area contributed by atoms with E-state index >= 15 is 0 Å². The third kappa shape index (κ3) is 2.69. The van der Waals surface area contributed by atoms with Gasteiger partial charge < -0.3 is 10.1 Å². The molecule has 0 amide bonds. The number of fused-ring (bicyclic) bond motifs is 1. The maximum absolute atomic E-state index is 5.88. The monoisotopic (exact) mass is 299 g/mol. The number of rotatable bonds is 4. The van der Waals surface area contributed by atoms with Crippen LogP contribution in [0.4, 0.5) is 5.82 Å². The zero-order valence-electron chi connectivity index (χ0n) is 12.3. The number of hydrogen-bond acceptors (Lipinski definition) is 5. The number of thiophene rings is 1. The molecule has 2 aromatic heterocycles. The van der Waals surface area contributed by atoms with Gasteiger partial charge in [-0.2, -0.15) is 0 Å². The second-order valence-electron chi connectivity index (χ2n) is 4.86. The molecule has 21 heavy (non-hydrogen) atoms. The van der Waals surface area contributed by atoms with E-state index in [1.165, 1.54) is 5.56 Å². The van der Waals surface area contributed by atoms with Crippen LogP contribution in [-0.2, 0) is 6.61 Å². The Bertz CT molecular complexity index is 782. The minimum atomic E-state index is 0.368. The number of nitrogens with zero attached hydrogens (tertiary/aromatic N) is 2. The van der Waals surface area contributed by atoms with Crippen LogP contribution in [0.25, 0.3) is 10.2 Å². The summed E-state index contributed by atoms with van der Waals surface area (Å²) < 4.78 is 5.88. The fourth-order valence-corrected chi connectivity index (χ4v) is 2.96. The highest BCUT2D eigenvalue weighted by molar-refractivity contribution is 7.16. The van der Waals surface area contributed by atoms with Crippen LogP contribution < -0.4 is 10.1 Å². The molecule has 3 aromatic rings. The third-order valence-electron chi connectivity index (χ3n) is 3.52. The molecule has 0 saturated heterocycles. The summed E-state index contributed by atoms with van der Waals surface area (Å²) in [6, 6.07) is 8.09. The van der Waals surface area contributed by atoms with E-state index in [9.17, 15) is 0 Å². The number of ether oxygens (including phenoxy) is 1. The number of aromatic nitrogens is 2. The van der Waals surface area contributed by atoms with Crippen LogP contribution >= 0.6 is 11.3 Å². The molecule has 108 valence electrons. The molecular formula is C16H17N3OS. The molecule has 3 rings (SSSR count). The van der Waals surface area contributed by atoms with Crippen molar-refractivity contribution < 1.29 is 4.74 Å². The van der Waals surface area contributed by atoms with Crippen molar-refractivity contribution in [1.82, 2.24) is 9.97 Å². The minimum absolute atomic E-state index is 0.368. The highest BCUT2D eigenvalue weighted by Gasteiger charge is 2.09. The summed E-state index contributed by atoms with van der Waals surface area (Å²) in [6.45, 7) is 4.51. The highest BCUT2D eigenvalue weighted by atomic mass is 32.1. The van der Waals surface area contributed by atoms with E-state index < -0.39 is 0 Å². The van der Waals surface area contributed by atoms with Gasteiger partial charge in [-0.3, -0.25) is 0 Å². The van der Waals surface area contributed by atoms with Gasteiger partial charge in [0.2, 0.25) is 0 Å². The molecule has 0 radical (unpaired) electrons. The molecule has 0 aliphatic heterocycles. The van der Waals surface area contributed by atoms with Gasteiger partial charge in [0.1, 0.15) is 23.0 Å². The van der Waals surface area contributed by atoms with Crippen LogP contribution in [0.3, 0.4) is 0 Å². The number of anilines is 1. The van der Waals surface area contributed by atoms with Crippen LogP contribution in [0.2, 0.25) is 0 Å². The summed E-state index contributed by atoms with van der Waals surface area (Å²) in [5, 5.41) is 6.19. The third-order valence-corrected chi connectivity index (χ3v) is 4.33. The lowest BCUT2D eigenvalue weighted by Gasteiger charge is -2.11. The second kappa shape index (κ2) is 5.69. The van der Waals surface area contributed by atoms with Gasteiger partial charge in [0.25, 0.3) is 0 Å². The van der Waals surface area contributed by atoms with Crippen LogP contribution in [-0.4, -0.2) is 17.0 Å². The lowest BCUT2D eigenvalue weighted by atomic mass is 10.1. The van der Waals surface area contributed by atoms with Gasteiger partial charge in [-0.15, -0.1) is 11.3 Å². The molecule has 4 nitrogen and oxygen atoms in total. The van der Waals surface area contributed by atoms with E-state index in [-0.39, 0.29) is 0 Å². The van der Waals surface area contributed by atoms with Gasteiger partial charge in [-0.25, -0.2) is 9.97 Å². The summed E-state index contributed by atoms with van der Waals surface area (Å²) in [5.74, 6) is 2.42. The number of nitrogens with one attached hydrogen (secondary N) is 1. The average Bonchev–Trinajstić information content (AvgIpc) is 2.96. The molecule has 1 aromatic carbocycles. The normalized spacial score (nSPS) is 10.8. The Morgan fingerprint density at radius 3 is 2.86 bits per heavy atom. The molecule has 0 fully saturated rings. The zero-order valence-corrected chi connectivity index (χ0v) is 13.1. The quantitative estimate of drug-likeness (QED) is 0.793. The summed E-state index contributed by atoms with van der Waals surface area (Å²) in [5.41, 5.74) is 2.38.